The van der Waals surface area contributed by atoms with Crippen LogP contribution in [-0.2, 0) is 6.42 Å². The van der Waals surface area contributed by atoms with Crippen LogP contribution in [0.4, 0.5) is 5.69 Å². The molecular formula is C22H30N4O3S. The normalized spacial score (nSPS) is 10.7. The van der Waals surface area contributed by atoms with Gasteiger partial charge in [-0.25, -0.2) is 4.79 Å². The molecule has 0 radical (unpaired) electrons. The molecule has 30 heavy (non-hydrogen) atoms. The molecule has 1 heterocycles. The Labute approximate surface area is 183 Å². The van der Waals surface area contributed by atoms with E-state index < -0.39 is 5.97 Å². The van der Waals surface area contributed by atoms with Gasteiger partial charge < -0.3 is 20.6 Å². The Hall–Kier alpha value is -2.84. The van der Waals surface area contributed by atoms with Gasteiger partial charge in [0.15, 0.2) is 0 Å². The molecular weight excluding hydrogens is 400 g/mol. The first-order chi connectivity index (χ1) is 14.4. The number of nitrogens with zero attached hydrogens (tertiary/aromatic N) is 2. The Balaban J connectivity index is 0.000000375. The first-order valence-corrected chi connectivity index (χ1v) is 10.5. The maximum absolute atomic E-state index is 11.1. The number of hydrogen-bond donors (Lipinski definition) is 4. The summed E-state index contributed by atoms with van der Waals surface area (Å²) in [5.41, 5.74) is 8.44. The molecule has 0 spiro atoms. The minimum absolute atomic E-state index is 0.152. The molecule has 1 unspecified atom stereocenters. The highest BCUT2D eigenvalue weighted by molar-refractivity contribution is 7.79. The van der Waals surface area contributed by atoms with Crippen LogP contribution >= 0.6 is 12.6 Å². The Kier molecular flexibility index (Phi) is 11.3. The van der Waals surface area contributed by atoms with E-state index in [9.17, 15) is 4.79 Å². The Bertz CT molecular complexity index is 898. The molecule has 7 nitrogen and oxygen atoms in total. The van der Waals surface area contributed by atoms with Crippen molar-refractivity contribution in [2.24, 2.45) is 5.73 Å². The molecule has 2 aromatic carbocycles. The third-order valence-corrected chi connectivity index (χ3v) is 3.89. The van der Waals surface area contributed by atoms with E-state index in [2.05, 4.69) is 59.3 Å². The number of carboxylic acid groups (broad SMARTS) is 1. The molecule has 3 rings (SSSR count). The van der Waals surface area contributed by atoms with Gasteiger partial charge in [0.2, 0.25) is 11.8 Å². The smallest absolute Gasteiger partial charge is 0.335 e. The second-order valence-electron chi connectivity index (χ2n) is 6.21. The van der Waals surface area contributed by atoms with Gasteiger partial charge in [0, 0.05) is 17.8 Å². The Morgan fingerprint density at radius 1 is 1.17 bits per heavy atom. The summed E-state index contributed by atoms with van der Waals surface area (Å²) in [5, 5.41) is 19.9. The zero-order valence-corrected chi connectivity index (χ0v) is 18.7. The summed E-state index contributed by atoms with van der Waals surface area (Å²) in [4.78, 5) is 11.1. The maximum atomic E-state index is 11.1. The van der Waals surface area contributed by atoms with E-state index in [1.807, 2.05) is 13.0 Å². The van der Waals surface area contributed by atoms with Gasteiger partial charge >= 0.3 is 5.97 Å². The van der Waals surface area contributed by atoms with Crippen molar-refractivity contribution in [1.82, 2.24) is 10.2 Å². The molecule has 0 amide bonds. The van der Waals surface area contributed by atoms with Crippen molar-refractivity contribution >= 4 is 24.3 Å². The maximum Gasteiger partial charge on any atom is 0.335 e. The van der Waals surface area contributed by atoms with Gasteiger partial charge in [0.05, 0.1) is 11.6 Å². The summed E-state index contributed by atoms with van der Waals surface area (Å²) >= 11 is 3.53. The topological polar surface area (TPSA) is 114 Å². The molecule has 0 saturated carbocycles. The lowest BCUT2D eigenvalue weighted by molar-refractivity contribution is 0.0697. The highest BCUT2D eigenvalue weighted by Crippen LogP contribution is 2.25. The predicted molar refractivity (Wildman–Crippen MR) is 124 cm³/mol. The van der Waals surface area contributed by atoms with Crippen molar-refractivity contribution in [3.63, 3.8) is 0 Å². The van der Waals surface area contributed by atoms with Crippen LogP contribution in [0.3, 0.4) is 0 Å². The SMILES string of the molecule is CCNc1cc(C(=O)O)cc(-c2nnc(C(C)N)o2)c1.CCc1ccccc1.CS. The quantitative estimate of drug-likeness (QED) is 0.420. The number of benzene rings is 2. The number of carbonyl (C=O) groups is 1. The van der Waals surface area contributed by atoms with Crippen LogP contribution in [-0.4, -0.2) is 34.1 Å². The van der Waals surface area contributed by atoms with Gasteiger partial charge in [-0.2, -0.15) is 12.6 Å². The van der Waals surface area contributed by atoms with Crippen LogP contribution in [0.5, 0.6) is 0 Å². The molecule has 162 valence electrons. The van der Waals surface area contributed by atoms with Crippen molar-refractivity contribution in [3.8, 4) is 11.5 Å². The molecule has 0 fully saturated rings. The third-order valence-electron chi connectivity index (χ3n) is 3.89. The van der Waals surface area contributed by atoms with Crippen LogP contribution < -0.4 is 11.1 Å². The summed E-state index contributed by atoms with van der Waals surface area (Å²) in [7, 11) is 0. The van der Waals surface area contributed by atoms with Gasteiger partial charge in [-0.3, -0.25) is 0 Å². The van der Waals surface area contributed by atoms with Gasteiger partial charge in [0.25, 0.3) is 0 Å². The third kappa shape index (κ3) is 7.88. The van der Waals surface area contributed by atoms with Crippen molar-refractivity contribution < 1.29 is 14.3 Å². The number of anilines is 1. The van der Waals surface area contributed by atoms with E-state index in [1.165, 1.54) is 11.6 Å². The average molecular weight is 431 g/mol. The van der Waals surface area contributed by atoms with Crippen LogP contribution in [0.1, 0.15) is 48.6 Å². The summed E-state index contributed by atoms with van der Waals surface area (Å²) in [6.07, 6.45) is 2.83. The first-order valence-electron chi connectivity index (χ1n) is 9.64. The molecule has 0 aliphatic heterocycles. The minimum atomic E-state index is -1.02. The van der Waals surface area contributed by atoms with E-state index >= 15 is 0 Å². The van der Waals surface area contributed by atoms with Crippen LogP contribution in [0, 0.1) is 0 Å². The lowest BCUT2D eigenvalue weighted by Crippen LogP contribution is -2.04. The fourth-order valence-electron chi connectivity index (χ4n) is 2.43. The number of rotatable bonds is 6. The standard InChI is InChI=1S/C13H16N4O3.C8H10.CH4S/c1-3-15-10-5-8(4-9(6-10)13(18)19)12-17-16-11(20-12)7(2)14;1-2-8-6-4-3-5-7-8;1-2/h4-7,15H,3,14H2,1-2H3,(H,18,19);3-7H,2H2,1H3;2H,1H3. The van der Waals surface area contributed by atoms with E-state index in [0.29, 0.717) is 23.7 Å². The fourth-order valence-corrected chi connectivity index (χ4v) is 2.43. The second kappa shape index (κ2) is 13.4. The van der Waals surface area contributed by atoms with Crippen molar-refractivity contribution in [2.45, 2.75) is 33.2 Å². The number of hydrogen-bond acceptors (Lipinski definition) is 7. The first kappa shape index (κ1) is 25.2. The largest absolute Gasteiger partial charge is 0.478 e. The highest BCUT2D eigenvalue weighted by atomic mass is 32.1. The molecule has 4 N–H and O–H groups in total. The number of thiol groups is 1. The van der Waals surface area contributed by atoms with Gasteiger partial charge in [0.1, 0.15) is 0 Å². The highest BCUT2D eigenvalue weighted by Gasteiger charge is 2.15. The predicted octanol–water partition coefficient (Wildman–Crippen LogP) is 4.68. The number of aryl methyl sites for hydroxylation is 1. The summed E-state index contributed by atoms with van der Waals surface area (Å²) in [6.45, 7) is 6.50. The molecule has 3 aromatic rings. The Morgan fingerprint density at radius 2 is 1.83 bits per heavy atom. The monoisotopic (exact) mass is 430 g/mol. The van der Waals surface area contributed by atoms with Gasteiger partial charge in [-0.15, -0.1) is 10.2 Å². The van der Waals surface area contributed by atoms with Crippen LogP contribution in [0.2, 0.25) is 0 Å². The molecule has 0 aliphatic carbocycles. The zero-order chi connectivity index (χ0) is 22.5. The van der Waals surface area contributed by atoms with E-state index in [0.717, 1.165) is 6.42 Å². The summed E-state index contributed by atoms with van der Waals surface area (Å²) in [5.74, 6) is -0.455. The van der Waals surface area contributed by atoms with Gasteiger partial charge in [-0.05, 0) is 50.3 Å². The van der Waals surface area contributed by atoms with Crippen molar-refractivity contribution in [1.29, 1.82) is 0 Å². The lowest BCUT2D eigenvalue weighted by atomic mass is 10.1. The average Bonchev–Trinajstić information content (AvgIpc) is 3.27. The van der Waals surface area contributed by atoms with Crippen LogP contribution in [0.25, 0.3) is 11.5 Å². The molecule has 0 aliphatic rings. The Morgan fingerprint density at radius 3 is 2.30 bits per heavy atom. The number of aromatic carboxylic acids is 1. The van der Waals surface area contributed by atoms with Crippen molar-refractivity contribution in [2.75, 3.05) is 18.1 Å². The summed E-state index contributed by atoms with van der Waals surface area (Å²) in [6, 6.07) is 14.9. The number of nitrogens with one attached hydrogen (secondary N) is 1. The molecule has 0 saturated heterocycles. The second-order valence-corrected chi connectivity index (χ2v) is 6.21. The summed E-state index contributed by atoms with van der Waals surface area (Å²) < 4.78 is 5.43. The number of nitrogens with two attached hydrogens (primary N) is 1. The van der Waals surface area contributed by atoms with Crippen molar-refractivity contribution in [3.05, 3.63) is 65.5 Å². The molecule has 1 aromatic heterocycles. The van der Waals surface area contributed by atoms with E-state index in [4.69, 9.17) is 15.3 Å². The number of aromatic nitrogens is 2. The number of carboxylic acids is 1. The molecule has 1 atom stereocenters. The van der Waals surface area contributed by atoms with E-state index in [-0.39, 0.29) is 17.5 Å². The van der Waals surface area contributed by atoms with E-state index in [1.54, 1.807) is 25.3 Å². The van der Waals surface area contributed by atoms with Gasteiger partial charge in [-0.1, -0.05) is 37.3 Å². The fraction of sp³-hybridized carbons (Fsp3) is 0.318. The molecule has 8 heteroatoms. The van der Waals surface area contributed by atoms with Crippen LogP contribution in [0.15, 0.2) is 52.9 Å². The molecule has 0 bridgehead atoms. The minimum Gasteiger partial charge on any atom is -0.478 e. The lowest BCUT2D eigenvalue weighted by Gasteiger charge is -2.06. The zero-order valence-electron chi connectivity index (χ0n) is 17.8.